The van der Waals surface area contributed by atoms with Crippen LogP contribution in [0.15, 0.2) is 48.5 Å². The summed E-state index contributed by atoms with van der Waals surface area (Å²) in [4.78, 5) is 35.1. The van der Waals surface area contributed by atoms with Crippen LogP contribution in [0.5, 0.6) is 0 Å². The number of aryl methyl sites for hydroxylation is 1. The Kier molecular flexibility index (Phi) is 4.29. The van der Waals surface area contributed by atoms with Gasteiger partial charge >= 0.3 is 6.03 Å². The number of carbonyl (C=O) groups is 3. The summed E-state index contributed by atoms with van der Waals surface area (Å²) in [5, 5.41) is 7.54. The molecule has 0 saturated carbocycles. The molecular formula is C18H17N3O3. The topological polar surface area (TPSA) is 87.3 Å². The van der Waals surface area contributed by atoms with Crippen molar-refractivity contribution in [1.29, 1.82) is 0 Å². The Morgan fingerprint density at radius 1 is 1.12 bits per heavy atom. The van der Waals surface area contributed by atoms with Crippen LogP contribution in [-0.2, 0) is 16.0 Å². The van der Waals surface area contributed by atoms with Gasteiger partial charge in [-0.05, 0) is 30.2 Å². The van der Waals surface area contributed by atoms with Crippen molar-refractivity contribution in [3.05, 3.63) is 65.2 Å². The molecule has 0 radical (unpaired) electrons. The van der Waals surface area contributed by atoms with Crippen LogP contribution in [-0.4, -0.2) is 17.8 Å². The lowest BCUT2D eigenvalue weighted by molar-refractivity contribution is -0.120. The third-order valence-corrected chi connectivity index (χ3v) is 3.73. The molecule has 6 heteroatoms. The van der Waals surface area contributed by atoms with E-state index < -0.39 is 18.0 Å². The van der Waals surface area contributed by atoms with E-state index in [9.17, 15) is 14.4 Å². The van der Waals surface area contributed by atoms with E-state index in [2.05, 4.69) is 16.0 Å². The Balaban J connectivity index is 1.69. The van der Waals surface area contributed by atoms with Crippen molar-refractivity contribution in [2.45, 2.75) is 19.4 Å². The third-order valence-electron chi connectivity index (χ3n) is 3.73. The van der Waals surface area contributed by atoms with Crippen molar-refractivity contribution >= 4 is 23.5 Å². The molecule has 3 N–H and O–H groups in total. The first-order chi connectivity index (χ1) is 11.5. The molecule has 1 aliphatic heterocycles. The Morgan fingerprint density at radius 2 is 1.92 bits per heavy atom. The molecule has 6 nitrogen and oxygen atoms in total. The van der Waals surface area contributed by atoms with Crippen molar-refractivity contribution in [1.82, 2.24) is 10.6 Å². The number of benzene rings is 2. The summed E-state index contributed by atoms with van der Waals surface area (Å²) in [5.74, 6) is -0.541. The second-order valence-electron chi connectivity index (χ2n) is 5.74. The number of urea groups is 1. The molecule has 1 aliphatic rings. The number of hydrogen-bond acceptors (Lipinski definition) is 3. The zero-order valence-corrected chi connectivity index (χ0v) is 13.1. The normalized spacial score (nSPS) is 16.5. The lowest BCUT2D eigenvalue weighted by Crippen LogP contribution is -2.22. The van der Waals surface area contributed by atoms with Crippen LogP contribution in [0.2, 0.25) is 0 Å². The van der Waals surface area contributed by atoms with Gasteiger partial charge in [0.15, 0.2) is 0 Å². The van der Waals surface area contributed by atoms with Crippen molar-refractivity contribution in [2.24, 2.45) is 0 Å². The molecule has 122 valence electrons. The zero-order valence-electron chi connectivity index (χ0n) is 13.1. The largest absolute Gasteiger partial charge is 0.326 e. The minimum absolute atomic E-state index is 0.141. The van der Waals surface area contributed by atoms with Crippen molar-refractivity contribution in [3.63, 3.8) is 0 Å². The minimum atomic E-state index is -0.730. The molecule has 1 unspecified atom stereocenters. The number of imide groups is 1. The van der Waals surface area contributed by atoms with Crippen molar-refractivity contribution in [3.8, 4) is 0 Å². The number of amides is 4. The number of carbonyl (C=O) groups excluding carboxylic acids is 3. The van der Waals surface area contributed by atoms with Crippen molar-refractivity contribution in [2.75, 3.05) is 5.32 Å². The Bertz CT molecular complexity index is 817. The summed E-state index contributed by atoms with van der Waals surface area (Å²) in [6, 6.07) is 13.4. The quantitative estimate of drug-likeness (QED) is 0.753. The fourth-order valence-electron chi connectivity index (χ4n) is 2.66. The molecular weight excluding hydrogens is 306 g/mol. The van der Waals surface area contributed by atoms with Crippen LogP contribution < -0.4 is 16.0 Å². The third kappa shape index (κ3) is 3.60. The lowest BCUT2D eigenvalue weighted by atomic mass is 10.1. The molecule has 0 aliphatic carbocycles. The van der Waals surface area contributed by atoms with Gasteiger partial charge < -0.3 is 10.6 Å². The molecule has 0 bridgehead atoms. The van der Waals surface area contributed by atoms with Gasteiger partial charge in [0, 0.05) is 5.69 Å². The van der Waals surface area contributed by atoms with E-state index >= 15 is 0 Å². The van der Waals surface area contributed by atoms with Gasteiger partial charge in [0.2, 0.25) is 5.91 Å². The molecule has 1 saturated heterocycles. The van der Waals surface area contributed by atoms with Crippen LogP contribution in [0.3, 0.4) is 0 Å². The summed E-state index contributed by atoms with van der Waals surface area (Å²) in [7, 11) is 0. The zero-order chi connectivity index (χ0) is 17.1. The SMILES string of the molecule is Cc1cccc(CC(=O)Nc2cccc(C3NC(=O)NC3=O)c2)c1. The summed E-state index contributed by atoms with van der Waals surface area (Å²) >= 11 is 0. The van der Waals surface area contributed by atoms with Gasteiger partial charge in [0.25, 0.3) is 5.91 Å². The summed E-state index contributed by atoms with van der Waals surface area (Å²) < 4.78 is 0. The predicted octanol–water partition coefficient (Wildman–Crippen LogP) is 2.06. The number of anilines is 1. The smallest absolute Gasteiger partial charge is 0.322 e. The molecule has 24 heavy (non-hydrogen) atoms. The van der Waals surface area contributed by atoms with E-state index in [0.717, 1.165) is 11.1 Å². The molecule has 0 spiro atoms. The van der Waals surface area contributed by atoms with Gasteiger partial charge in [-0.3, -0.25) is 14.9 Å². The average molecular weight is 323 g/mol. The fourth-order valence-corrected chi connectivity index (χ4v) is 2.66. The van der Waals surface area contributed by atoms with E-state index in [-0.39, 0.29) is 12.3 Å². The Hall–Kier alpha value is -3.15. The van der Waals surface area contributed by atoms with E-state index in [1.165, 1.54) is 0 Å². The van der Waals surface area contributed by atoms with Crippen LogP contribution in [0.25, 0.3) is 0 Å². The van der Waals surface area contributed by atoms with E-state index in [1.807, 2.05) is 31.2 Å². The molecule has 0 aromatic heterocycles. The maximum atomic E-state index is 12.2. The van der Waals surface area contributed by atoms with E-state index in [1.54, 1.807) is 24.3 Å². The van der Waals surface area contributed by atoms with Crippen LogP contribution >= 0.6 is 0 Å². The summed E-state index contributed by atoms with van der Waals surface area (Å²) in [5.41, 5.74) is 3.24. The van der Waals surface area contributed by atoms with Gasteiger partial charge in [0.05, 0.1) is 6.42 Å². The van der Waals surface area contributed by atoms with Crippen LogP contribution in [0, 0.1) is 6.92 Å². The van der Waals surface area contributed by atoms with Gasteiger partial charge in [0.1, 0.15) is 6.04 Å². The highest BCUT2D eigenvalue weighted by molar-refractivity contribution is 6.04. The molecule has 2 aromatic rings. The number of rotatable bonds is 4. The molecule has 1 fully saturated rings. The summed E-state index contributed by atoms with van der Waals surface area (Å²) in [6.07, 6.45) is 0.270. The predicted molar refractivity (Wildman–Crippen MR) is 89.4 cm³/mol. The standard InChI is InChI=1S/C18H17N3O3/c1-11-4-2-5-12(8-11)9-15(22)19-14-7-3-6-13(10-14)16-17(23)21-18(24)20-16/h2-8,10,16H,9H2,1H3,(H,19,22)(H2,20,21,23,24). The van der Waals surface area contributed by atoms with Gasteiger partial charge in [-0.1, -0.05) is 42.0 Å². The van der Waals surface area contributed by atoms with E-state index in [4.69, 9.17) is 0 Å². The first-order valence-electron chi connectivity index (χ1n) is 7.58. The maximum Gasteiger partial charge on any atom is 0.322 e. The molecule has 3 rings (SSSR count). The fraction of sp³-hybridized carbons (Fsp3) is 0.167. The summed E-state index contributed by atoms with van der Waals surface area (Å²) in [6.45, 7) is 1.98. The average Bonchev–Trinajstić information content (AvgIpc) is 2.86. The van der Waals surface area contributed by atoms with Crippen molar-refractivity contribution < 1.29 is 14.4 Å². The second-order valence-corrected chi connectivity index (χ2v) is 5.74. The first kappa shape index (κ1) is 15.7. The monoisotopic (exact) mass is 323 g/mol. The highest BCUT2D eigenvalue weighted by Crippen LogP contribution is 2.20. The van der Waals surface area contributed by atoms with Gasteiger partial charge in [-0.25, -0.2) is 4.79 Å². The highest BCUT2D eigenvalue weighted by Gasteiger charge is 2.30. The minimum Gasteiger partial charge on any atom is -0.326 e. The molecule has 1 heterocycles. The maximum absolute atomic E-state index is 12.2. The molecule has 1 atom stereocenters. The number of nitrogens with one attached hydrogen (secondary N) is 3. The molecule has 2 aromatic carbocycles. The van der Waals surface area contributed by atoms with E-state index in [0.29, 0.717) is 11.3 Å². The first-order valence-corrected chi connectivity index (χ1v) is 7.58. The number of hydrogen-bond donors (Lipinski definition) is 3. The second kappa shape index (κ2) is 6.54. The molecule has 4 amide bonds. The highest BCUT2D eigenvalue weighted by atomic mass is 16.2. The lowest BCUT2D eigenvalue weighted by Gasteiger charge is -2.11. The van der Waals surface area contributed by atoms with Crippen LogP contribution in [0.4, 0.5) is 10.5 Å². The Labute approximate surface area is 139 Å². The van der Waals surface area contributed by atoms with Gasteiger partial charge in [-0.2, -0.15) is 0 Å². The Morgan fingerprint density at radius 3 is 2.62 bits per heavy atom. The van der Waals surface area contributed by atoms with Gasteiger partial charge in [-0.15, -0.1) is 0 Å². The van der Waals surface area contributed by atoms with Crippen LogP contribution in [0.1, 0.15) is 22.7 Å².